The molecule has 2 atom stereocenters. The van der Waals surface area contributed by atoms with Gasteiger partial charge in [0.15, 0.2) is 11.3 Å². The van der Waals surface area contributed by atoms with Gasteiger partial charge in [0.05, 0.1) is 58.5 Å². The molecule has 2 amide bonds. The number of piperidine rings is 2. The molecule has 4 fully saturated rings. The Morgan fingerprint density at radius 3 is 1.37 bits per heavy atom. The van der Waals surface area contributed by atoms with E-state index in [2.05, 4.69) is 76.3 Å². The Kier molecular flexibility index (Phi) is 30.4. The number of anilines is 4. The molecule has 1 N–H and O–H groups in total. The van der Waals surface area contributed by atoms with E-state index in [0.29, 0.717) is 124 Å². The number of fused-ring (bicyclic) bond motifs is 2. The lowest BCUT2D eigenvalue weighted by Gasteiger charge is -2.41. The van der Waals surface area contributed by atoms with Crippen LogP contribution >= 0.6 is 23.2 Å². The van der Waals surface area contributed by atoms with E-state index in [1.807, 2.05) is 106 Å². The highest BCUT2D eigenvalue weighted by Gasteiger charge is 2.35. The first kappa shape index (κ1) is 80.4. The van der Waals surface area contributed by atoms with Crippen molar-refractivity contribution in [3.05, 3.63) is 145 Å². The number of aromatic nitrogens is 6. The number of halogens is 2. The van der Waals surface area contributed by atoms with E-state index in [-0.39, 0.29) is 75.4 Å². The van der Waals surface area contributed by atoms with Gasteiger partial charge in [-0.15, -0.1) is 0 Å². The van der Waals surface area contributed by atoms with Crippen molar-refractivity contribution in [3.63, 3.8) is 0 Å². The van der Waals surface area contributed by atoms with Crippen LogP contribution in [0.15, 0.2) is 91.2 Å². The number of pyridine rings is 2. The van der Waals surface area contributed by atoms with Gasteiger partial charge in [-0.05, 0) is 173 Å². The number of hydrogen-bond donors (Lipinski definition) is 1. The van der Waals surface area contributed by atoms with Gasteiger partial charge in [-0.2, -0.15) is 9.97 Å². The van der Waals surface area contributed by atoms with Gasteiger partial charge in [0.25, 0.3) is 0 Å². The van der Waals surface area contributed by atoms with E-state index < -0.39 is 17.0 Å². The van der Waals surface area contributed by atoms with Crippen molar-refractivity contribution in [2.24, 2.45) is 20.5 Å². The summed E-state index contributed by atoms with van der Waals surface area (Å²) in [6.07, 6.45) is 8.40. The Hall–Kier alpha value is -9.92. The summed E-state index contributed by atoms with van der Waals surface area (Å²) in [6, 6.07) is 14.6. The maximum absolute atomic E-state index is 14.2. The number of aliphatic hydroxyl groups is 1. The second-order valence-corrected chi connectivity index (χ2v) is 27.3. The zero-order valence-corrected chi connectivity index (χ0v) is 62.0. The van der Waals surface area contributed by atoms with Crippen LogP contribution in [0.5, 0.6) is 11.5 Å². The van der Waals surface area contributed by atoms with Gasteiger partial charge < -0.3 is 48.7 Å². The van der Waals surface area contributed by atoms with Gasteiger partial charge in [-0.3, -0.25) is 4.79 Å². The smallest absolute Gasteiger partial charge is 0.410 e. The molecule has 0 aliphatic carbocycles. The zero-order valence-electron chi connectivity index (χ0n) is 60.5. The minimum Gasteiger partial charge on any atom is -0.493 e. The predicted octanol–water partition coefficient (Wildman–Crippen LogP) is 14.1. The molecule has 0 spiro atoms. The molecule has 4 aliphatic rings. The number of aliphatic hydroxyl groups excluding tert-OH is 1. The zero-order chi connectivity index (χ0) is 74.9. The summed E-state index contributed by atoms with van der Waals surface area (Å²) in [7, 11) is 0. The molecule has 4 aromatic heterocycles. The second-order valence-electron chi connectivity index (χ2n) is 26.5. The SMILES string of the molecule is C=CC(=O)N1CCN(c2nc(=O)n(-c3ccc(OCCN=[N+]=[N-])cc3C(C)C)c3nc(N4CCCCC4)c(Cl)cc23)[C@@H](C)C1.CC(C)c1cc(OCCN=[N+]=[N-])ccc1-n1c(=O)nc(N2CCN(C(=O)OC(C)(C)C)C[C@@H]2C)c2cc(Cl)c(N3CCCCC3)nc21.CCCN=[N+]=[N-].[N-]=[N+]=NCCO. The molecule has 0 saturated carbocycles. The molecule has 0 unspecified atom stereocenters. The summed E-state index contributed by atoms with van der Waals surface area (Å²) >= 11 is 13.9. The summed E-state index contributed by atoms with van der Waals surface area (Å²) in [5.41, 5.74) is 34.8. The monoisotopic (exact) mass is 1460 g/mol. The Labute approximate surface area is 608 Å². The van der Waals surface area contributed by atoms with Crippen LogP contribution in [-0.4, -0.2) is 185 Å². The van der Waals surface area contributed by atoms with Crippen LogP contribution in [0.4, 0.5) is 28.1 Å². The van der Waals surface area contributed by atoms with E-state index in [9.17, 15) is 19.2 Å². The van der Waals surface area contributed by atoms with Gasteiger partial charge in [-0.25, -0.2) is 33.5 Å². The number of rotatable bonds is 21. The Morgan fingerprint density at radius 2 is 1.01 bits per heavy atom. The number of piperazine rings is 2. The third-order valence-electron chi connectivity index (χ3n) is 17.2. The first-order valence-corrected chi connectivity index (χ1v) is 35.6. The lowest BCUT2D eigenvalue weighted by molar-refractivity contribution is -0.126. The molecule has 32 nitrogen and oxygen atoms in total. The minimum absolute atomic E-state index is 0.0297. The molecule has 10 rings (SSSR count). The molecule has 4 saturated heterocycles. The highest BCUT2D eigenvalue weighted by Crippen LogP contribution is 2.39. The maximum Gasteiger partial charge on any atom is 0.410 e. The van der Waals surface area contributed by atoms with Crippen molar-refractivity contribution >= 4 is 80.5 Å². The normalized spacial score (nSPS) is 16.0. The van der Waals surface area contributed by atoms with Crippen molar-refractivity contribution in [2.75, 3.05) is 131 Å². The topological polar surface area (TPSA) is 392 Å². The third-order valence-corrected chi connectivity index (χ3v) is 17.8. The third kappa shape index (κ3) is 21.3. The number of hydrogen-bond acceptors (Lipinski definition) is 20. The van der Waals surface area contributed by atoms with Crippen LogP contribution in [0.25, 0.3) is 75.2 Å². The molecule has 34 heteroatoms. The fraction of sp³-hybridized carbons (Fsp3) is 0.565. The maximum atomic E-state index is 14.2. The quantitative estimate of drug-likeness (QED) is 0.0230. The number of benzene rings is 2. The number of nitrogens with zero attached hydrogens (tertiary/aromatic N) is 24. The summed E-state index contributed by atoms with van der Waals surface area (Å²) in [5.74, 6) is 3.46. The van der Waals surface area contributed by atoms with Crippen LogP contribution in [0, 0.1) is 0 Å². The largest absolute Gasteiger partial charge is 0.493 e. The molecule has 2 aromatic carbocycles. The Morgan fingerprint density at radius 1 is 0.602 bits per heavy atom. The molecule has 0 bridgehead atoms. The van der Waals surface area contributed by atoms with E-state index in [0.717, 1.165) is 82.3 Å². The highest BCUT2D eigenvalue weighted by molar-refractivity contribution is 6.34. The van der Waals surface area contributed by atoms with Gasteiger partial charge in [0.2, 0.25) is 5.91 Å². The second kappa shape index (κ2) is 38.9. The van der Waals surface area contributed by atoms with E-state index >= 15 is 0 Å². The number of azide groups is 4. The van der Waals surface area contributed by atoms with Gasteiger partial charge >= 0.3 is 17.5 Å². The average molecular weight is 1460 g/mol. The standard InChI is InChI=1S/C33H44ClN9O4.C31H38ClN9O3.C3H7N3.C2H5N3O/c1-21(2)24-18-23(46-17-12-36-39-35)10-11-27(24)43-29-25(19-26(34)30(37-29)40-13-8-7-9-14-40)28(38-31(43)44)42-16-15-41(20-22(42)3)32(45)47-33(4,5)6;1-5-27(42)39-14-15-40(21(4)19-39)28-24-18-25(32)30(38-12-7-6-8-13-38)35-29(24)41(31(43)36-28)26-10-9-22(17-23(26)20(2)3)44-16-11-34-37-33;1-2-3-5-6-4;3-5-4-1-2-6/h10-11,18-19,21-22H,7-9,12-17,20H2,1-6H3;5,9-10,17-18,20-21H,1,6-8,11-16,19H2,2-4H3;2-3H2,1H3;6H,1-2H2/t22-;21-;;/m00../s1. The fourth-order valence-electron chi connectivity index (χ4n) is 12.4. The lowest BCUT2D eigenvalue weighted by Crippen LogP contribution is -2.55. The van der Waals surface area contributed by atoms with Crippen LogP contribution in [0.1, 0.15) is 137 Å². The summed E-state index contributed by atoms with van der Waals surface area (Å²) in [5, 5.41) is 23.6. The molecule has 8 heterocycles. The number of carbonyl (C=O) groups is 2. The van der Waals surface area contributed by atoms with E-state index in [1.165, 1.54) is 6.08 Å². The van der Waals surface area contributed by atoms with Crippen LogP contribution in [0.3, 0.4) is 0 Å². The molecule has 6 aromatic rings. The van der Waals surface area contributed by atoms with Crippen molar-refractivity contribution in [2.45, 2.75) is 144 Å². The molecule has 0 radical (unpaired) electrons. The molecular weight excluding hydrogens is 1360 g/mol. The first-order valence-electron chi connectivity index (χ1n) is 34.8. The molecule has 552 valence electrons. The van der Waals surface area contributed by atoms with Gasteiger partial charge in [0.1, 0.15) is 40.4 Å². The minimum atomic E-state index is -0.598. The fourth-order valence-corrected chi connectivity index (χ4v) is 12.9. The number of ether oxygens (including phenoxy) is 3. The van der Waals surface area contributed by atoms with Gasteiger partial charge in [-0.1, -0.05) is 91.3 Å². The van der Waals surface area contributed by atoms with E-state index in [1.54, 1.807) is 31.1 Å². The molecular formula is C69H94Cl2N24O8. The van der Waals surface area contributed by atoms with E-state index in [4.69, 9.17) is 74.6 Å². The summed E-state index contributed by atoms with van der Waals surface area (Å²) in [6.45, 7) is 31.1. The summed E-state index contributed by atoms with van der Waals surface area (Å²) in [4.78, 5) is 95.4. The predicted molar refractivity (Wildman–Crippen MR) is 403 cm³/mol. The number of amides is 2. The van der Waals surface area contributed by atoms with Crippen LogP contribution < -0.4 is 40.5 Å². The van der Waals surface area contributed by atoms with Crippen molar-refractivity contribution < 1.29 is 28.9 Å². The average Bonchev–Trinajstić information content (AvgIpc) is 0.746. The Balaban J connectivity index is 0.000000249. The Bertz CT molecular complexity index is 4240. The number of carbonyl (C=O) groups excluding carboxylic acids is 2. The van der Waals surface area contributed by atoms with Gasteiger partial charge in [0, 0.05) is 117 Å². The van der Waals surface area contributed by atoms with Crippen LogP contribution in [0.2, 0.25) is 10.0 Å². The lowest BCUT2D eigenvalue weighted by atomic mass is 10.0. The van der Waals surface area contributed by atoms with Crippen molar-refractivity contribution in [1.82, 2.24) is 38.9 Å². The van der Waals surface area contributed by atoms with Crippen LogP contribution in [-0.2, 0) is 9.53 Å². The molecule has 103 heavy (non-hydrogen) atoms. The summed E-state index contributed by atoms with van der Waals surface area (Å²) < 4.78 is 20.4. The van der Waals surface area contributed by atoms with Crippen molar-refractivity contribution in [3.8, 4) is 22.9 Å². The highest BCUT2D eigenvalue weighted by atomic mass is 35.5. The molecule has 4 aliphatic heterocycles. The first-order chi connectivity index (χ1) is 49.4. The van der Waals surface area contributed by atoms with Crippen molar-refractivity contribution in [1.29, 1.82) is 0 Å².